The predicted molar refractivity (Wildman–Crippen MR) is 124 cm³/mol. The van der Waals surface area contributed by atoms with Crippen LogP contribution in [0.2, 0.25) is 0 Å². The molecule has 3 aromatic rings. The average Bonchev–Trinajstić information content (AvgIpc) is 3.16. The topological polar surface area (TPSA) is 64.4 Å². The molecule has 0 radical (unpaired) electrons. The van der Waals surface area contributed by atoms with Gasteiger partial charge in [-0.25, -0.2) is 9.37 Å². The van der Waals surface area contributed by atoms with Gasteiger partial charge in [0.15, 0.2) is 5.78 Å². The Bertz CT molecular complexity index is 1150. The van der Waals surface area contributed by atoms with Crippen LogP contribution in [0.1, 0.15) is 36.9 Å². The Balaban J connectivity index is 1.64. The minimum absolute atomic E-state index is 0.218. The van der Waals surface area contributed by atoms with Crippen molar-refractivity contribution in [3.05, 3.63) is 81.1 Å². The normalized spacial score (nSPS) is 17.4. The third-order valence-corrected chi connectivity index (χ3v) is 5.48. The summed E-state index contributed by atoms with van der Waals surface area (Å²) in [6.45, 7) is 5.97. The summed E-state index contributed by atoms with van der Waals surface area (Å²) in [4.78, 5) is 17.5. The van der Waals surface area contributed by atoms with Crippen LogP contribution in [0, 0.1) is 9.39 Å². The second kappa shape index (κ2) is 8.45. The first kappa shape index (κ1) is 21.5. The van der Waals surface area contributed by atoms with E-state index in [0.29, 0.717) is 29.4 Å². The van der Waals surface area contributed by atoms with Crippen LogP contribution >= 0.6 is 22.6 Å². The van der Waals surface area contributed by atoms with Crippen molar-refractivity contribution in [2.75, 3.05) is 0 Å². The highest BCUT2D eigenvalue weighted by Gasteiger charge is 2.33. The molecule has 2 heterocycles. The second-order valence-electron chi connectivity index (χ2n) is 8.41. The molecule has 0 fully saturated rings. The number of rotatable bonds is 4. The molecule has 2 aromatic carbocycles. The Labute approximate surface area is 193 Å². The van der Waals surface area contributed by atoms with Gasteiger partial charge in [0, 0.05) is 27.3 Å². The maximum absolute atomic E-state index is 13.7. The van der Waals surface area contributed by atoms with Crippen LogP contribution in [0.4, 0.5) is 4.39 Å². The van der Waals surface area contributed by atoms with E-state index in [9.17, 15) is 9.18 Å². The lowest BCUT2D eigenvalue weighted by atomic mass is 9.93. The lowest BCUT2D eigenvalue weighted by Gasteiger charge is -2.28. The van der Waals surface area contributed by atoms with Gasteiger partial charge in [-0.15, -0.1) is 0 Å². The van der Waals surface area contributed by atoms with Crippen molar-refractivity contribution in [1.29, 1.82) is 0 Å². The first-order valence-corrected chi connectivity index (χ1v) is 11.0. The zero-order chi connectivity index (χ0) is 22.2. The molecule has 7 heteroatoms. The molecule has 31 heavy (non-hydrogen) atoms. The molecule has 1 aromatic heterocycles. The van der Waals surface area contributed by atoms with Crippen molar-refractivity contribution < 1.29 is 18.3 Å². The standard InChI is InChI=1S/C24H22FIN2O3/c1-24(2,3)28-13-19-21(31-20-9-6-15(25)10-18(20)22(19)29)11-17-12-27-23(30-17)14-4-7-16(26)8-5-14/h4-10,12-13,21,28H,11H2,1-3H3/b19-13-. The summed E-state index contributed by atoms with van der Waals surface area (Å²) in [5, 5.41) is 3.22. The van der Waals surface area contributed by atoms with Gasteiger partial charge in [-0.05, 0) is 85.8 Å². The predicted octanol–water partition coefficient (Wildman–Crippen LogP) is 5.54. The Morgan fingerprint density at radius 3 is 2.65 bits per heavy atom. The first-order chi connectivity index (χ1) is 14.7. The molecule has 1 N–H and O–H groups in total. The summed E-state index contributed by atoms with van der Waals surface area (Å²) >= 11 is 2.24. The minimum Gasteiger partial charge on any atom is -0.484 e. The van der Waals surface area contributed by atoms with E-state index < -0.39 is 11.9 Å². The zero-order valence-electron chi connectivity index (χ0n) is 17.4. The number of halogens is 2. The van der Waals surface area contributed by atoms with E-state index in [0.717, 1.165) is 9.13 Å². The molecular formula is C24H22FIN2O3. The van der Waals surface area contributed by atoms with Crippen LogP contribution in [0.3, 0.4) is 0 Å². The monoisotopic (exact) mass is 532 g/mol. The number of ketones is 1. The number of nitrogens with one attached hydrogen (secondary N) is 1. The third-order valence-electron chi connectivity index (χ3n) is 4.76. The molecule has 1 aliphatic rings. The Hall–Kier alpha value is -2.68. The van der Waals surface area contributed by atoms with Crippen LogP contribution in [-0.2, 0) is 6.42 Å². The molecule has 1 atom stereocenters. The molecule has 1 aliphatic heterocycles. The number of aromatic nitrogens is 1. The molecule has 1 unspecified atom stereocenters. The van der Waals surface area contributed by atoms with Gasteiger partial charge in [0.1, 0.15) is 23.4 Å². The van der Waals surface area contributed by atoms with Crippen molar-refractivity contribution in [2.45, 2.75) is 38.8 Å². The molecule has 5 nitrogen and oxygen atoms in total. The summed E-state index contributed by atoms with van der Waals surface area (Å²) in [5.41, 5.74) is 1.26. The largest absolute Gasteiger partial charge is 0.484 e. The number of oxazole rings is 1. The van der Waals surface area contributed by atoms with E-state index in [4.69, 9.17) is 9.15 Å². The highest BCUT2D eigenvalue weighted by Crippen LogP contribution is 2.33. The Kier molecular flexibility index (Phi) is 5.88. The summed E-state index contributed by atoms with van der Waals surface area (Å²) in [5.74, 6) is 0.726. The van der Waals surface area contributed by atoms with E-state index in [2.05, 4.69) is 32.9 Å². The minimum atomic E-state index is -0.585. The number of benzene rings is 2. The Morgan fingerprint density at radius 1 is 1.19 bits per heavy atom. The van der Waals surface area contributed by atoms with Crippen LogP contribution in [0.25, 0.3) is 11.5 Å². The summed E-state index contributed by atoms with van der Waals surface area (Å²) < 4.78 is 26.9. The molecule has 0 saturated heterocycles. The third kappa shape index (κ3) is 4.98. The fraction of sp³-hybridized carbons (Fsp3) is 0.250. The molecular weight excluding hydrogens is 510 g/mol. The molecule has 0 bridgehead atoms. The number of hydrogen-bond acceptors (Lipinski definition) is 5. The van der Waals surface area contributed by atoms with Crippen molar-refractivity contribution in [2.24, 2.45) is 0 Å². The van der Waals surface area contributed by atoms with Gasteiger partial charge in [0.2, 0.25) is 5.89 Å². The maximum atomic E-state index is 13.7. The number of Topliss-reactive ketones (excluding diaryl/α,β-unsaturated/α-hetero) is 1. The van der Waals surface area contributed by atoms with E-state index in [1.54, 1.807) is 12.4 Å². The maximum Gasteiger partial charge on any atom is 0.226 e. The number of hydrogen-bond donors (Lipinski definition) is 1. The number of carbonyl (C=O) groups is 1. The van der Waals surface area contributed by atoms with E-state index in [-0.39, 0.29) is 16.9 Å². The Morgan fingerprint density at radius 2 is 1.94 bits per heavy atom. The van der Waals surface area contributed by atoms with Crippen LogP contribution in [0.5, 0.6) is 5.75 Å². The smallest absolute Gasteiger partial charge is 0.226 e. The lowest BCUT2D eigenvalue weighted by Crippen LogP contribution is -2.37. The van der Waals surface area contributed by atoms with Gasteiger partial charge in [0.25, 0.3) is 0 Å². The van der Waals surface area contributed by atoms with Crippen LogP contribution in [0.15, 0.2) is 64.9 Å². The van der Waals surface area contributed by atoms with Gasteiger partial charge in [-0.1, -0.05) is 0 Å². The number of ether oxygens (including phenoxy) is 1. The first-order valence-electron chi connectivity index (χ1n) is 9.89. The fourth-order valence-electron chi connectivity index (χ4n) is 3.22. The van der Waals surface area contributed by atoms with E-state index >= 15 is 0 Å². The van der Waals surface area contributed by atoms with Crippen molar-refractivity contribution in [3.63, 3.8) is 0 Å². The van der Waals surface area contributed by atoms with Gasteiger partial charge in [-0.2, -0.15) is 0 Å². The van der Waals surface area contributed by atoms with Crippen LogP contribution < -0.4 is 10.1 Å². The highest BCUT2D eigenvalue weighted by molar-refractivity contribution is 14.1. The van der Waals surface area contributed by atoms with Gasteiger partial charge >= 0.3 is 0 Å². The molecule has 160 valence electrons. The SMILES string of the molecule is CC(C)(C)N/C=C1\C(=O)c2cc(F)ccc2OC1Cc1cnc(-c2ccc(I)cc2)o1. The fourth-order valence-corrected chi connectivity index (χ4v) is 3.58. The van der Waals surface area contributed by atoms with Gasteiger partial charge in [0.05, 0.1) is 17.3 Å². The summed E-state index contributed by atoms with van der Waals surface area (Å²) in [6.07, 6.45) is 3.04. The molecule has 0 aliphatic carbocycles. The molecule has 0 amide bonds. The van der Waals surface area contributed by atoms with Gasteiger partial charge < -0.3 is 14.5 Å². The quantitative estimate of drug-likeness (QED) is 0.353. The number of carbonyl (C=O) groups excluding carboxylic acids is 1. The second-order valence-corrected chi connectivity index (χ2v) is 9.66. The zero-order valence-corrected chi connectivity index (χ0v) is 19.6. The van der Waals surface area contributed by atoms with Crippen molar-refractivity contribution in [1.82, 2.24) is 10.3 Å². The molecule has 4 rings (SSSR count). The van der Waals surface area contributed by atoms with Crippen LogP contribution in [-0.4, -0.2) is 22.4 Å². The van der Waals surface area contributed by atoms with Gasteiger partial charge in [-0.3, -0.25) is 4.79 Å². The van der Waals surface area contributed by atoms with Crippen molar-refractivity contribution >= 4 is 28.4 Å². The summed E-state index contributed by atoms with van der Waals surface area (Å²) in [7, 11) is 0. The highest BCUT2D eigenvalue weighted by atomic mass is 127. The lowest BCUT2D eigenvalue weighted by molar-refractivity contribution is 0.0956. The average molecular weight is 532 g/mol. The van der Waals surface area contributed by atoms with E-state index in [1.807, 2.05) is 45.0 Å². The van der Waals surface area contributed by atoms with E-state index in [1.165, 1.54) is 18.2 Å². The molecule has 0 spiro atoms. The van der Waals surface area contributed by atoms with Crippen molar-refractivity contribution in [3.8, 4) is 17.2 Å². The number of fused-ring (bicyclic) bond motifs is 1. The summed E-state index contributed by atoms with van der Waals surface area (Å²) in [6, 6.07) is 11.8. The number of nitrogens with zero attached hydrogens (tertiary/aromatic N) is 1. The molecule has 0 saturated carbocycles.